The van der Waals surface area contributed by atoms with Crippen molar-refractivity contribution in [3.05, 3.63) is 115 Å². The van der Waals surface area contributed by atoms with E-state index in [1.54, 1.807) is 0 Å². The Bertz CT molecular complexity index is 1340. The zero-order valence-corrected chi connectivity index (χ0v) is 16.5. The molecule has 2 heteroatoms. The van der Waals surface area contributed by atoms with Crippen molar-refractivity contribution in [3.8, 4) is 33.8 Å². The van der Waals surface area contributed by atoms with E-state index >= 15 is 0 Å². The lowest BCUT2D eigenvalue weighted by Gasteiger charge is -2.10. The molecule has 0 aliphatic rings. The highest BCUT2D eigenvalue weighted by Gasteiger charge is 2.10. The second-order valence-corrected chi connectivity index (χ2v) is 7.24. The van der Waals surface area contributed by atoms with Crippen molar-refractivity contribution in [1.29, 1.82) is 0 Å². The van der Waals surface area contributed by atoms with E-state index in [1.807, 2.05) is 42.6 Å². The van der Waals surface area contributed by atoms with E-state index in [9.17, 15) is 0 Å². The van der Waals surface area contributed by atoms with Crippen LogP contribution in [0.4, 0.5) is 0 Å². The molecule has 0 aliphatic heterocycles. The van der Waals surface area contributed by atoms with Crippen molar-refractivity contribution >= 4 is 16.8 Å². The second-order valence-electron chi connectivity index (χ2n) is 7.24. The molecule has 5 aromatic rings. The largest absolute Gasteiger partial charge is 0.254 e. The summed E-state index contributed by atoms with van der Waals surface area (Å²) in [6.45, 7) is 3.85. The summed E-state index contributed by atoms with van der Waals surface area (Å²) < 4.78 is 0. The zero-order valence-electron chi connectivity index (χ0n) is 16.5. The Hall–Kier alpha value is -4.04. The lowest BCUT2D eigenvalue weighted by Crippen LogP contribution is -1.93. The maximum Gasteiger partial charge on any atom is 0.0900 e. The monoisotopic (exact) mass is 384 g/mol. The van der Waals surface area contributed by atoms with Crippen LogP contribution in [0, 0.1) is 0 Å². The smallest absolute Gasteiger partial charge is 0.0900 e. The van der Waals surface area contributed by atoms with Gasteiger partial charge in [0.1, 0.15) is 0 Å². The van der Waals surface area contributed by atoms with E-state index in [1.165, 1.54) is 0 Å². The van der Waals surface area contributed by atoms with Crippen molar-refractivity contribution in [2.24, 2.45) is 0 Å². The van der Waals surface area contributed by atoms with Gasteiger partial charge in [-0.2, -0.15) is 0 Å². The van der Waals surface area contributed by atoms with Gasteiger partial charge in [-0.25, -0.2) is 4.98 Å². The molecule has 0 bridgehead atoms. The van der Waals surface area contributed by atoms with E-state index < -0.39 is 0 Å². The van der Waals surface area contributed by atoms with E-state index in [0.29, 0.717) is 0 Å². The number of aromatic nitrogens is 2. The van der Waals surface area contributed by atoms with Crippen molar-refractivity contribution in [1.82, 2.24) is 9.97 Å². The fourth-order valence-corrected chi connectivity index (χ4v) is 3.62. The first-order valence-corrected chi connectivity index (χ1v) is 9.96. The quantitative estimate of drug-likeness (QED) is 0.325. The Morgan fingerprint density at radius 3 is 2.03 bits per heavy atom. The van der Waals surface area contributed by atoms with Gasteiger partial charge in [-0.05, 0) is 40.3 Å². The highest BCUT2D eigenvalue weighted by Crippen LogP contribution is 2.30. The molecule has 2 heterocycles. The summed E-state index contributed by atoms with van der Waals surface area (Å²) >= 11 is 0. The molecule has 2 nitrogen and oxygen atoms in total. The molecule has 0 radical (unpaired) electrons. The predicted molar refractivity (Wildman–Crippen MR) is 126 cm³/mol. The van der Waals surface area contributed by atoms with E-state index in [-0.39, 0.29) is 0 Å². The molecule has 2 aromatic heterocycles. The van der Waals surface area contributed by atoms with Gasteiger partial charge in [-0.15, -0.1) is 0 Å². The molecule has 142 valence electrons. The number of fused-ring (bicyclic) bond motifs is 1. The third-order valence-electron chi connectivity index (χ3n) is 5.27. The van der Waals surface area contributed by atoms with Gasteiger partial charge in [0.15, 0.2) is 0 Å². The molecule has 0 N–H and O–H groups in total. The summed E-state index contributed by atoms with van der Waals surface area (Å²) in [7, 11) is 0. The zero-order chi connectivity index (χ0) is 20.3. The summed E-state index contributed by atoms with van der Waals surface area (Å²) in [4.78, 5) is 9.66. The van der Waals surface area contributed by atoms with Crippen LogP contribution < -0.4 is 0 Å². The molecule has 0 amide bonds. The molecular weight excluding hydrogens is 364 g/mol. The maximum atomic E-state index is 4.96. The van der Waals surface area contributed by atoms with Gasteiger partial charge in [-0.1, -0.05) is 91.5 Å². The number of pyridine rings is 2. The van der Waals surface area contributed by atoms with Crippen LogP contribution in [0.5, 0.6) is 0 Å². The van der Waals surface area contributed by atoms with E-state index in [2.05, 4.69) is 73.3 Å². The molecule has 0 unspecified atom stereocenters. The highest BCUT2D eigenvalue weighted by atomic mass is 14.8. The minimum Gasteiger partial charge on any atom is -0.254 e. The lowest BCUT2D eigenvalue weighted by atomic mass is 10.00. The first-order chi connectivity index (χ1) is 14.8. The summed E-state index contributed by atoms with van der Waals surface area (Å²) in [5.41, 5.74) is 7.12. The maximum absolute atomic E-state index is 4.96. The Labute approximate surface area is 176 Å². The van der Waals surface area contributed by atoms with Crippen LogP contribution in [0.15, 0.2) is 110 Å². The molecular formula is C28H20N2. The van der Waals surface area contributed by atoms with Crippen LogP contribution in [0.2, 0.25) is 0 Å². The van der Waals surface area contributed by atoms with Crippen molar-refractivity contribution in [2.75, 3.05) is 0 Å². The SMILES string of the molecule is C=Cc1ccc(-c2cc(-c3ccccc3)nc(-c3cc4ccccc4cn3)c2)cc1. The Balaban J connectivity index is 1.69. The minimum absolute atomic E-state index is 0.866. The highest BCUT2D eigenvalue weighted by molar-refractivity contribution is 5.85. The van der Waals surface area contributed by atoms with Gasteiger partial charge in [0.25, 0.3) is 0 Å². The van der Waals surface area contributed by atoms with Crippen LogP contribution >= 0.6 is 0 Å². The third kappa shape index (κ3) is 3.51. The number of rotatable bonds is 4. The topological polar surface area (TPSA) is 25.8 Å². The standard InChI is InChI=1S/C28H20N2/c1-2-20-12-14-21(15-13-20)25-17-26(22-8-4-3-5-9-22)30-28(18-25)27-16-23-10-6-7-11-24(23)19-29-27/h2-19H,1H2. The van der Waals surface area contributed by atoms with Gasteiger partial charge in [0.2, 0.25) is 0 Å². The van der Waals surface area contributed by atoms with Gasteiger partial charge in [0.05, 0.1) is 17.1 Å². The number of nitrogens with zero attached hydrogens (tertiary/aromatic N) is 2. The fraction of sp³-hybridized carbons (Fsp3) is 0. The first kappa shape index (κ1) is 18.0. The number of hydrogen-bond acceptors (Lipinski definition) is 2. The number of benzene rings is 3. The average molecular weight is 384 g/mol. The normalized spacial score (nSPS) is 10.8. The summed E-state index contributed by atoms with van der Waals surface area (Å²) in [5, 5.41) is 2.28. The molecule has 0 saturated heterocycles. The molecule has 30 heavy (non-hydrogen) atoms. The van der Waals surface area contributed by atoms with Crippen LogP contribution in [-0.2, 0) is 0 Å². The summed E-state index contributed by atoms with van der Waals surface area (Å²) in [6.07, 6.45) is 3.77. The van der Waals surface area contributed by atoms with Gasteiger partial charge >= 0.3 is 0 Å². The van der Waals surface area contributed by atoms with Crippen molar-refractivity contribution in [2.45, 2.75) is 0 Å². The van der Waals surface area contributed by atoms with Gasteiger partial charge < -0.3 is 0 Å². The third-order valence-corrected chi connectivity index (χ3v) is 5.27. The van der Waals surface area contributed by atoms with Crippen LogP contribution in [-0.4, -0.2) is 9.97 Å². The van der Waals surface area contributed by atoms with Crippen LogP contribution in [0.3, 0.4) is 0 Å². The minimum atomic E-state index is 0.866. The van der Waals surface area contributed by atoms with E-state index in [0.717, 1.165) is 50.1 Å². The molecule has 0 spiro atoms. The lowest BCUT2D eigenvalue weighted by molar-refractivity contribution is 1.26. The molecule has 0 fully saturated rings. The molecule has 0 saturated carbocycles. The Morgan fingerprint density at radius 2 is 1.27 bits per heavy atom. The van der Waals surface area contributed by atoms with Crippen molar-refractivity contribution in [3.63, 3.8) is 0 Å². The average Bonchev–Trinajstić information content (AvgIpc) is 2.84. The van der Waals surface area contributed by atoms with Gasteiger partial charge in [-0.3, -0.25) is 4.98 Å². The predicted octanol–water partition coefficient (Wildman–Crippen LogP) is 7.27. The molecule has 0 aliphatic carbocycles. The Morgan fingerprint density at radius 1 is 0.567 bits per heavy atom. The van der Waals surface area contributed by atoms with Crippen molar-refractivity contribution < 1.29 is 0 Å². The van der Waals surface area contributed by atoms with E-state index in [4.69, 9.17) is 9.97 Å². The molecule has 5 rings (SSSR count). The van der Waals surface area contributed by atoms with Crippen LogP contribution in [0.1, 0.15) is 5.56 Å². The fourth-order valence-electron chi connectivity index (χ4n) is 3.62. The second kappa shape index (κ2) is 7.76. The van der Waals surface area contributed by atoms with Crippen LogP contribution in [0.25, 0.3) is 50.6 Å². The number of hydrogen-bond donors (Lipinski definition) is 0. The summed E-state index contributed by atoms with van der Waals surface area (Å²) in [5.74, 6) is 0. The molecule has 3 aromatic carbocycles. The van der Waals surface area contributed by atoms with Gasteiger partial charge in [0, 0.05) is 17.1 Å². The first-order valence-electron chi connectivity index (χ1n) is 9.96. The summed E-state index contributed by atoms with van der Waals surface area (Å²) in [6, 6.07) is 33.3. The Kier molecular flexibility index (Phi) is 4.66. The molecule has 0 atom stereocenters.